The number of hydrogen-bond donors (Lipinski definition) is 7. The minimum absolute atomic E-state index is 0.00361. The molecule has 6 aromatic rings. The Morgan fingerprint density at radius 1 is 0.641 bits per heavy atom. The number of H-pyrrole nitrogens is 1. The molecule has 0 unspecified atom stereocenters. The zero-order valence-electron chi connectivity index (χ0n) is 33.0. The van der Waals surface area contributed by atoms with Crippen LogP contribution in [-0.2, 0) is 30.4 Å². The topological polar surface area (TPSA) is 363 Å². The number of nitrogens with zero attached hydrogens (tertiary/aromatic N) is 7. The van der Waals surface area contributed by atoms with Gasteiger partial charge in [-0.3, -0.25) is 23.6 Å². The van der Waals surface area contributed by atoms with E-state index in [2.05, 4.69) is 35.8 Å². The first-order valence-electron chi connectivity index (χ1n) is 18.0. The molecule has 0 radical (unpaired) electrons. The van der Waals surface area contributed by atoms with Crippen LogP contribution < -0.4 is 19.8 Å². The summed E-state index contributed by atoms with van der Waals surface area (Å²) in [5.74, 6) is -1.03. The fourth-order valence-electron chi connectivity index (χ4n) is 5.77. The van der Waals surface area contributed by atoms with E-state index in [0.29, 0.717) is 0 Å². The first-order chi connectivity index (χ1) is 30.2. The van der Waals surface area contributed by atoms with Crippen molar-refractivity contribution in [2.45, 2.75) is 21.6 Å². The summed E-state index contributed by atoms with van der Waals surface area (Å²) in [6.45, 7) is -0.111. The number of aromatic hydroxyl groups is 1. The van der Waals surface area contributed by atoms with Crippen LogP contribution in [0.15, 0.2) is 129 Å². The predicted molar refractivity (Wildman–Crippen MR) is 223 cm³/mol. The lowest BCUT2D eigenvalue weighted by Crippen LogP contribution is -2.14. The molecule has 7 N–H and O–H groups in total. The quantitative estimate of drug-likeness (QED) is 0.0403. The maximum atomic E-state index is 13.2. The number of nitrogens with one attached hydrogen (secondary N) is 1. The van der Waals surface area contributed by atoms with E-state index in [0.717, 1.165) is 35.0 Å². The number of phenolic OH excluding ortho intramolecular Hbond substituents is 1. The second kappa shape index (κ2) is 18.8. The fourth-order valence-corrected chi connectivity index (χ4v) is 7.54. The smallest absolute Gasteiger partial charge is 0.299 e. The number of aryl methyl sites for hydroxylation is 1. The summed E-state index contributed by atoms with van der Waals surface area (Å²) < 4.78 is 119. The molecule has 0 saturated heterocycles. The van der Waals surface area contributed by atoms with Crippen LogP contribution in [0.4, 0.5) is 34.1 Å². The summed E-state index contributed by atoms with van der Waals surface area (Å²) in [4.78, 5) is 11.2. The normalized spacial score (nSPS) is 12.5. The van der Waals surface area contributed by atoms with E-state index >= 15 is 0 Å². The zero-order valence-corrected chi connectivity index (χ0v) is 35.4. The molecule has 24 nitrogen and oxygen atoms in total. The monoisotopic (exact) mass is 942 g/mol. The molecular weight excluding hydrogens is 909 g/mol. The van der Waals surface area contributed by atoms with Crippen LogP contribution in [0, 0.1) is 6.92 Å². The summed E-state index contributed by atoms with van der Waals surface area (Å²) >= 11 is 0. The number of aromatic amines is 1. The molecule has 5 aromatic carbocycles. The van der Waals surface area contributed by atoms with E-state index in [1.807, 2.05) is 0 Å². The van der Waals surface area contributed by atoms with Crippen LogP contribution in [0.25, 0.3) is 16.5 Å². The first-order valence-corrected chi connectivity index (χ1v) is 22.3. The Kier molecular flexibility index (Phi) is 13.7. The van der Waals surface area contributed by atoms with Crippen LogP contribution in [0.3, 0.4) is 0 Å². The average Bonchev–Trinajstić information content (AvgIpc) is 3.53. The highest BCUT2D eigenvalue weighted by molar-refractivity contribution is 7.86. The fraction of sp³-hybridized carbons (Fsp3) is 0.162. The van der Waals surface area contributed by atoms with Crippen molar-refractivity contribution in [3.8, 4) is 28.7 Å². The number of aromatic nitrogens is 2. The first kappa shape index (κ1) is 46.5. The lowest BCUT2D eigenvalue weighted by molar-refractivity contribution is 0.198. The summed E-state index contributed by atoms with van der Waals surface area (Å²) in [5.41, 5.74) is -1.72. The number of rotatable bonds is 17. The molecule has 0 spiro atoms. The summed E-state index contributed by atoms with van der Waals surface area (Å²) in [6.07, 6.45) is 0. The van der Waals surface area contributed by atoms with Crippen molar-refractivity contribution in [1.82, 2.24) is 9.78 Å². The number of azo groups is 3. The van der Waals surface area contributed by atoms with Gasteiger partial charge in [-0.25, -0.2) is 4.68 Å². The number of methoxy groups -OCH3 is 1. The molecule has 0 aliphatic heterocycles. The van der Waals surface area contributed by atoms with Gasteiger partial charge in [0, 0.05) is 23.6 Å². The van der Waals surface area contributed by atoms with Crippen LogP contribution in [-0.4, -0.2) is 97.5 Å². The minimum atomic E-state index is -5.15. The molecule has 0 aliphatic rings. The summed E-state index contributed by atoms with van der Waals surface area (Å²) in [6, 6.07) is 15.5. The largest absolute Gasteiger partial charge is 0.505 e. The van der Waals surface area contributed by atoms with Crippen LogP contribution in [0.2, 0.25) is 0 Å². The maximum Gasteiger partial charge on any atom is 0.299 e. The Balaban J connectivity index is 1.38. The second-order valence-electron chi connectivity index (χ2n) is 13.0. The SMILES string of the molecule is COc1ccc(N=Nc2cc(OCCO)c(N=Nc3c(S(=O)(=O)O)cc4cc(N=Nc5c(C)[nH]n(-c6ccc(S(=O)(=O)O)cc6)c5=O)ccc4c3O)cc2OCCO)c(S(=O)(=O)O)c1. The molecule has 336 valence electrons. The Bertz CT molecular complexity index is 3260. The highest BCUT2D eigenvalue weighted by Gasteiger charge is 2.24. The third-order valence-electron chi connectivity index (χ3n) is 8.72. The van der Waals surface area contributed by atoms with Gasteiger partial charge < -0.3 is 29.5 Å². The van der Waals surface area contributed by atoms with E-state index in [1.165, 1.54) is 62.6 Å². The molecule has 1 heterocycles. The van der Waals surface area contributed by atoms with Gasteiger partial charge in [0.15, 0.2) is 11.4 Å². The molecule has 0 fully saturated rings. The minimum Gasteiger partial charge on any atom is -0.505 e. The van der Waals surface area contributed by atoms with E-state index in [9.17, 15) is 59.0 Å². The summed E-state index contributed by atoms with van der Waals surface area (Å²) in [7, 11) is -13.2. The van der Waals surface area contributed by atoms with Crippen LogP contribution >= 0.6 is 0 Å². The third-order valence-corrected chi connectivity index (χ3v) is 11.3. The molecule has 27 heteroatoms. The second-order valence-corrected chi connectivity index (χ2v) is 17.2. The van der Waals surface area contributed by atoms with Gasteiger partial charge in [-0.2, -0.15) is 30.4 Å². The number of hydrogen-bond acceptors (Lipinski definition) is 19. The number of aliphatic hydroxyl groups is 2. The Morgan fingerprint density at radius 2 is 1.22 bits per heavy atom. The van der Waals surface area contributed by atoms with Gasteiger partial charge in [0.05, 0.1) is 42.3 Å². The predicted octanol–water partition coefficient (Wildman–Crippen LogP) is 6.07. The van der Waals surface area contributed by atoms with Gasteiger partial charge >= 0.3 is 0 Å². The molecule has 0 bridgehead atoms. The highest BCUT2D eigenvalue weighted by atomic mass is 32.2. The van der Waals surface area contributed by atoms with E-state index in [-0.39, 0.29) is 85.9 Å². The van der Waals surface area contributed by atoms with Crippen molar-refractivity contribution in [2.24, 2.45) is 30.7 Å². The van der Waals surface area contributed by atoms with E-state index < -0.39 is 70.4 Å². The molecule has 0 saturated carbocycles. The van der Waals surface area contributed by atoms with Crippen molar-refractivity contribution in [3.63, 3.8) is 0 Å². The molecule has 0 atom stereocenters. The lowest BCUT2D eigenvalue weighted by atomic mass is 10.1. The Morgan fingerprint density at radius 3 is 1.78 bits per heavy atom. The van der Waals surface area contributed by atoms with E-state index in [4.69, 9.17) is 14.2 Å². The van der Waals surface area contributed by atoms with Gasteiger partial charge in [-0.15, -0.1) is 25.6 Å². The van der Waals surface area contributed by atoms with Gasteiger partial charge in [-0.05, 0) is 73.0 Å². The number of phenols is 1. The van der Waals surface area contributed by atoms with Gasteiger partial charge in [0.1, 0.15) is 63.0 Å². The molecular formula is C37H34N8O16S3. The van der Waals surface area contributed by atoms with Crippen LogP contribution in [0.1, 0.15) is 5.69 Å². The van der Waals surface area contributed by atoms with Gasteiger partial charge in [0.2, 0.25) is 0 Å². The number of aliphatic hydroxyl groups excluding tert-OH is 2. The third kappa shape index (κ3) is 10.4. The van der Waals surface area contributed by atoms with Gasteiger partial charge in [-0.1, -0.05) is 0 Å². The standard InChI is InChI=1S/C37H34N8O16S3/c1-20-34(37(49)45(44-20)23-4-7-25(8-5-23)62(50,51)52)42-38-22-3-9-26-21(15-22)16-33(64(56,57)58)35(36(26)48)43-41-29-19-30(60-13-11-46)28(18-31(29)61-14-12-47)40-39-27-10-6-24(59-2)17-32(27)63(53,54)55/h3-10,15-19,44,46-48H,11-14H2,1-2H3,(H,50,51,52)(H,53,54,55)(H,56,57,58). The van der Waals surface area contributed by atoms with Crippen molar-refractivity contribution < 1.29 is 68.4 Å². The van der Waals surface area contributed by atoms with Crippen molar-refractivity contribution in [1.29, 1.82) is 0 Å². The van der Waals surface area contributed by atoms with Gasteiger partial charge in [0.25, 0.3) is 35.9 Å². The Labute approximate surface area is 361 Å². The molecule has 6 rings (SSSR count). The molecule has 64 heavy (non-hydrogen) atoms. The van der Waals surface area contributed by atoms with E-state index in [1.54, 1.807) is 0 Å². The van der Waals surface area contributed by atoms with Crippen LogP contribution in [0.5, 0.6) is 23.0 Å². The summed E-state index contributed by atoms with van der Waals surface area (Å²) in [5, 5.41) is 57.1. The number of benzene rings is 5. The highest BCUT2D eigenvalue weighted by Crippen LogP contribution is 2.45. The molecule has 0 amide bonds. The molecule has 0 aliphatic carbocycles. The average molecular weight is 943 g/mol. The lowest BCUT2D eigenvalue weighted by Gasteiger charge is -2.13. The van der Waals surface area contributed by atoms with Crippen molar-refractivity contribution >= 4 is 75.3 Å². The Hall–Kier alpha value is -6.98. The molecule has 1 aromatic heterocycles. The zero-order chi connectivity index (χ0) is 46.6. The number of fused-ring (bicyclic) bond motifs is 1. The maximum absolute atomic E-state index is 13.2. The number of ether oxygens (including phenoxy) is 3. The van der Waals surface area contributed by atoms with Crippen molar-refractivity contribution in [3.05, 3.63) is 94.9 Å². The van der Waals surface area contributed by atoms with Crippen molar-refractivity contribution in [2.75, 3.05) is 33.5 Å².